The first-order chi connectivity index (χ1) is 14.2. The molecular formula is C22H27N5O2. The lowest BCUT2D eigenvalue weighted by molar-refractivity contribution is -0.125. The molecule has 0 radical (unpaired) electrons. The van der Waals surface area contributed by atoms with E-state index in [9.17, 15) is 4.79 Å². The molecule has 1 aromatic heterocycles. The van der Waals surface area contributed by atoms with Crippen LogP contribution in [0.4, 0.5) is 5.82 Å². The maximum Gasteiger partial charge on any atom is 0.223 e. The van der Waals surface area contributed by atoms with E-state index in [0.29, 0.717) is 24.1 Å². The third-order valence-corrected chi connectivity index (χ3v) is 6.15. The summed E-state index contributed by atoms with van der Waals surface area (Å²) in [6, 6.07) is 11.6. The fourth-order valence-electron chi connectivity index (χ4n) is 4.69. The Morgan fingerprint density at radius 2 is 2.00 bits per heavy atom. The van der Waals surface area contributed by atoms with Crippen molar-refractivity contribution in [2.45, 2.75) is 25.3 Å². The Labute approximate surface area is 171 Å². The zero-order valence-corrected chi connectivity index (χ0v) is 16.6. The highest BCUT2D eigenvalue weighted by Crippen LogP contribution is 2.43. The van der Waals surface area contributed by atoms with Crippen LogP contribution in [0.1, 0.15) is 30.9 Å². The molecule has 1 aliphatic carbocycles. The van der Waals surface area contributed by atoms with Gasteiger partial charge >= 0.3 is 0 Å². The van der Waals surface area contributed by atoms with Gasteiger partial charge in [0.15, 0.2) is 0 Å². The van der Waals surface area contributed by atoms with Crippen molar-refractivity contribution >= 4 is 17.9 Å². The lowest BCUT2D eigenvalue weighted by Gasteiger charge is -2.22. The average Bonchev–Trinajstić information content (AvgIpc) is 3.34. The molecule has 0 spiro atoms. The summed E-state index contributed by atoms with van der Waals surface area (Å²) < 4.78 is 5.20. The molecule has 1 aliphatic heterocycles. The second kappa shape index (κ2) is 8.59. The maximum absolute atomic E-state index is 12.9. The lowest BCUT2D eigenvalue weighted by atomic mass is 10.0. The van der Waals surface area contributed by atoms with Gasteiger partial charge in [0, 0.05) is 31.5 Å². The molecule has 1 amide bonds. The number of carbonyl (C=O) groups is 1. The number of ether oxygens (including phenoxy) is 1. The molecular weight excluding hydrogens is 366 g/mol. The van der Waals surface area contributed by atoms with Crippen LogP contribution in [0.2, 0.25) is 0 Å². The Hall–Kier alpha value is -2.96. The van der Waals surface area contributed by atoms with E-state index < -0.39 is 0 Å². The topological polar surface area (TPSA) is 91.2 Å². The van der Waals surface area contributed by atoms with E-state index in [1.54, 1.807) is 7.11 Å². The van der Waals surface area contributed by atoms with Gasteiger partial charge in [-0.05, 0) is 36.5 Å². The Kier molecular flexibility index (Phi) is 5.74. The Morgan fingerprint density at radius 3 is 2.66 bits per heavy atom. The van der Waals surface area contributed by atoms with Crippen LogP contribution in [0.5, 0.6) is 5.88 Å². The minimum absolute atomic E-state index is 0.0454. The minimum atomic E-state index is -0.133. The highest BCUT2D eigenvalue weighted by atomic mass is 16.5. The third kappa shape index (κ3) is 4.23. The van der Waals surface area contributed by atoms with Crippen LogP contribution in [0.3, 0.4) is 0 Å². The van der Waals surface area contributed by atoms with E-state index in [0.717, 1.165) is 37.3 Å². The van der Waals surface area contributed by atoms with Crippen molar-refractivity contribution in [3.8, 4) is 5.88 Å². The summed E-state index contributed by atoms with van der Waals surface area (Å²) in [5, 5.41) is 10.7. The number of nitrogens with one attached hydrogen (secondary N) is 2. The molecule has 7 heteroatoms. The minimum Gasteiger partial charge on any atom is -0.481 e. The van der Waals surface area contributed by atoms with Crippen LogP contribution < -0.4 is 15.0 Å². The van der Waals surface area contributed by atoms with Crippen molar-refractivity contribution < 1.29 is 9.53 Å². The van der Waals surface area contributed by atoms with Gasteiger partial charge in [-0.2, -0.15) is 0 Å². The Morgan fingerprint density at radius 1 is 1.28 bits per heavy atom. The molecule has 0 bridgehead atoms. The Balaban J connectivity index is 1.36. The molecule has 2 aliphatic rings. The van der Waals surface area contributed by atoms with Crippen molar-refractivity contribution in [3.63, 3.8) is 0 Å². The molecule has 3 unspecified atom stereocenters. The quantitative estimate of drug-likeness (QED) is 0.706. The third-order valence-electron chi connectivity index (χ3n) is 6.15. The van der Waals surface area contributed by atoms with Crippen molar-refractivity contribution in [2.24, 2.45) is 17.8 Å². The van der Waals surface area contributed by atoms with Crippen LogP contribution in [0.15, 0.2) is 42.7 Å². The molecule has 3 atom stereocenters. The van der Waals surface area contributed by atoms with Crippen molar-refractivity contribution in [2.75, 3.05) is 25.1 Å². The summed E-state index contributed by atoms with van der Waals surface area (Å²) in [5.41, 5.74) is 1.05. The molecule has 2 fully saturated rings. The van der Waals surface area contributed by atoms with Crippen LogP contribution in [0, 0.1) is 23.2 Å². The van der Waals surface area contributed by atoms with E-state index in [1.807, 2.05) is 36.4 Å². The maximum atomic E-state index is 12.9. The van der Waals surface area contributed by atoms with Crippen molar-refractivity contribution in [3.05, 3.63) is 48.3 Å². The Bertz CT molecular complexity index is 845. The summed E-state index contributed by atoms with van der Waals surface area (Å²) in [5.74, 6) is 2.63. The van der Waals surface area contributed by atoms with Gasteiger partial charge in [0.1, 0.15) is 12.1 Å². The summed E-state index contributed by atoms with van der Waals surface area (Å²) in [6.07, 6.45) is 5.22. The second-order valence-corrected chi connectivity index (χ2v) is 7.92. The van der Waals surface area contributed by atoms with E-state index >= 15 is 0 Å². The van der Waals surface area contributed by atoms with Gasteiger partial charge in [-0.15, -0.1) is 0 Å². The van der Waals surface area contributed by atoms with E-state index in [-0.39, 0.29) is 17.9 Å². The van der Waals surface area contributed by atoms with Crippen LogP contribution in [-0.4, -0.2) is 42.3 Å². The predicted octanol–water partition coefficient (Wildman–Crippen LogP) is 2.84. The first kappa shape index (κ1) is 19.4. The first-order valence-electron chi connectivity index (χ1n) is 10.1. The predicted molar refractivity (Wildman–Crippen MR) is 111 cm³/mol. The van der Waals surface area contributed by atoms with Gasteiger partial charge in [0.05, 0.1) is 13.2 Å². The zero-order valence-electron chi connectivity index (χ0n) is 16.6. The smallest absolute Gasteiger partial charge is 0.223 e. The van der Waals surface area contributed by atoms with Crippen LogP contribution >= 0.6 is 0 Å². The van der Waals surface area contributed by atoms with Crippen molar-refractivity contribution in [1.29, 1.82) is 5.41 Å². The summed E-state index contributed by atoms with van der Waals surface area (Å²) in [4.78, 5) is 23.7. The fourth-order valence-corrected chi connectivity index (χ4v) is 4.69. The standard InChI is InChI=1S/C22H27N5O2/c1-29-21-11-20(24-14-25-21)27-12-17-9-16(10-18(17)13-27)22(28)26-19(7-8-23)15-5-3-2-4-6-15/h2-6,8,11,14,16-19,23H,7,9-10,12-13H2,1H3,(H,26,28). The molecule has 1 aromatic carbocycles. The largest absolute Gasteiger partial charge is 0.481 e. The number of rotatable bonds is 7. The summed E-state index contributed by atoms with van der Waals surface area (Å²) in [7, 11) is 1.61. The fraction of sp³-hybridized carbons (Fsp3) is 0.455. The number of hydrogen-bond acceptors (Lipinski definition) is 6. The average molecular weight is 393 g/mol. The molecule has 1 saturated heterocycles. The molecule has 29 heavy (non-hydrogen) atoms. The van der Waals surface area contributed by atoms with E-state index in [4.69, 9.17) is 10.1 Å². The van der Waals surface area contributed by atoms with Gasteiger partial charge < -0.3 is 20.4 Å². The zero-order chi connectivity index (χ0) is 20.2. The number of anilines is 1. The molecule has 4 rings (SSSR count). The highest BCUT2D eigenvalue weighted by molar-refractivity contribution is 5.80. The van der Waals surface area contributed by atoms with Gasteiger partial charge in [-0.1, -0.05) is 30.3 Å². The molecule has 152 valence electrons. The van der Waals surface area contributed by atoms with Crippen LogP contribution in [-0.2, 0) is 4.79 Å². The van der Waals surface area contributed by atoms with Crippen LogP contribution in [0.25, 0.3) is 0 Å². The molecule has 7 nitrogen and oxygen atoms in total. The number of carbonyl (C=O) groups excluding carboxylic acids is 1. The molecule has 2 N–H and O–H groups in total. The second-order valence-electron chi connectivity index (χ2n) is 7.92. The van der Waals surface area contributed by atoms with Crippen molar-refractivity contribution in [1.82, 2.24) is 15.3 Å². The monoisotopic (exact) mass is 393 g/mol. The van der Waals surface area contributed by atoms with E-state index in [1.165, 1.54) is 12.5 Å². The normalized spacial score (nSPS) is 24.0. The number of benzene rings is 1. The van der Waals surface area contributed by atoms with Gasteiger partial charge in [-0.3, -0.25) is 4.79 Å². The SMILES string of the molecule is COc1cc(N2CC3CC(C(=O)NC(CC=N)c4ccccc4)CC3C2)ncn1. The number of aromatic nitrogens is 2. The molecule has 2 aromatic rings. The number of methoxy groups -OCH3 is 1. The lowest BCUT2D eigenvalue weighted by Crippen LogP contribution is -2.34. The van der Waals surface area contributed by atoms with Gasteiger partial charge in [0.25, 0.3) is 0 Å². The number of hydrogen-bond donors (Lipinski definition) is 2. The first-order valence-corrected chi connectivity index (χ1v) is 10.1. The number of amides is 1. The number of nitrogens with zero attached hydrogens (tertiary/aromatic N) is 3. The van der Waals surface area contributed by atoms with Gasteiger partial charge in [0.2, 0.25) is 11.8 Å². The van der Waals surface area contributed by atoms with E-state index in [2.05, 4.69) is 20.2 Å². The molecule has 1 saturated carbocycles. The summed E-state index contributed by atoms with van der Waals surface area (Å²) in [6.45, 7) is 1.83. The van der Waals surface area contributed by atoms with Gasteiger partial charge in [-0.25, -0.2) is 9.97 Å². The molecule has 2 heterocycles. The number of fused-ring (bicyclic) bond motifs is 1. The summed E-state index contributed by atoms with van der Waals surface area (Å²) >= 11 is 0. The highest BCUT2D eigenvalue weighted by Gasteiger charge is 2.43.